The van der Waals surface area contributed by atoms with Gasteiger partial charge < -0.3 is 5.32 Å². The molecule has 1 aliphatic rings. The third-order valence-electron chi connectivity index (χ3n) is 4.06. The lowest BCUT2D eigenvalue weighted by atomic mass is 9.94. The standard InChI is InChI=1S/C12H21BrN4/c1-4-8-5-6-9(7-8)10(14-2)11-12(13)15-16-17(11)3/h8-10,14H,4-7H2,1-3H3. The highest BCUT2D eigenvalue weighted by Crippen LogP contribution is 2.41. The third-order valence-corrected chi connectivity index (χ3v) is 4.63. The van der Waals surface area contributed by atoms with Crippen LogP contribution in [0.1, 0.15) is 44.3 Å². The summed E-state index contributed by atoms with van der Waals surface area (Å²) in [5, 5.41) is 11.6. The molecule has 0 saturated heterocycles. The molecule has 0 amide bonds. The average molecular weight is 301 g/mol. The second-order valence-electron chi connectivity index (χ2n) is 5.00. The third kappa shape index (κ3) is 2.55. The minimum absolute atomic E-state index is 0.362. The second-order valence-corrected chi connectivity index (χ2v) is 5.75. The lowest BCUT2D eigenvalue weighted by molar-refractivity contribution is 0.355. The van der Waals surface area contributed by atoms with Gasteiger partial charge in [-0.3, -0.25) is 0 Å². The summed E-state index contributed by atoms with van der Waals surface area (Å²) in [6.45, 7) is 2.29. The number of aromatic nitrogens is 3. The van der Waals surface area contributed by atoms with Crippen LogP contribution in [0.2, 0.25) is 0 Å². The lowest BCUT2D eigenvalue weighted by Crippen LogP contribution is -2.26. The summed E-state index contributed by atoms with van der Waals surface area (Å²) >= 11 is 3.50. The van der Waals surface area contributed by atoms with Crippen molar-refractivity contribution in [1.82, 2.24) is 20.3 Å². The lowest BCUT2D eigenvalue weighted by Gasteiger charge is -2.23. The smallest absolute Gasteiger partial charge is 0.153 e. The van der Waals surface area contributed by atoms with Crippen LogP contribution in [0.4, 0.5) is 0 Å². The Kier molecular flexibility index (Phi) is 4.20. The van der Waals surface area contributed by atoms with Crippen molar-refractivity contribution >= 4 is 15.9 Å². The molecule has 3 unspecified atom stereocenters. The van der Waals surface area contributed by atoms with E-state index < -0.39 is 0 Å². The van der Waals surface area contributed by atoms with Gasteiger partial charge in [-0.25, -0.2) is 4.68 Å². The van der Waals surface area contributed by atoms with E-state index in [0.29, 0.717) is 12.0 Å². The summed E-state index contributed by atoms with van der Waals surface area (Å²) in [5.41, 5.74) is 1.18. The van der Waals surface area contributed by atoms with E-state index in [2.05, 4.69) is 38.5 Å². The highest BCUT2D eigenvalue weighted by atomic mass is 79.9. The van der Waals surface area contributed by atoms with Crippen molar-refractivity contribution in [2.45, 2.75) is 38.6 Å². The van der Waals surface area contributed by atoms with Gasteiger partial charge in [0.05, 0.1) is 11.7 Å². The van der Waals surface area contributed by atoms with E-state index in [1.54, 1.807) is 0 Å². The molecule has 1 N–H and O–H groups in total. The molecular formula is C12H21BrN4. The zero-order chi connectivity index (χ0) is 12.4. The van der Waals surface area contributed by atoms with Crippen LogP contribution in [0.3, 0.4) is 0 Å². The zero-order valence-electron chi connectivity index (χ0n) is 10.8. The molecule has 1 aromatic heterocycles. The van der Waals surface area contributed by atoms with E-state index in [1.807, 2.05) is 18.8 Å². The number of hydrogen-bond acceptors (Lipinski definition) is 3. The van der Waals surface area contributed by atoms with E-state index in [1.165, 1.54) is 31.4 Å². The molecule has 96 valence electrons. The van der Waals surface area contributed by atoms with E-state index in [4.69, 9.17) is 0 Å². The van der Waals surface area contributed by atoms with E-state index >= 15 is 0 Å². The monoisotopic (exact) mass is 300 g/mol. The van der Waals surface area contributed by atoms with Crippen LogP contribution in [0.5, 0.6) is 0 Å². The molecule has 5 heteroatoms. The minimum Gasteiger partial charge on any atom is -0.311 e. The summed E-state index contributed by atoms with van der Waals surface area (Å²) in [6, 6.07) is 0.362. The van der Waals surface area contributed by atoms with Gasteiger partial charge in [-0.2, -0.15) is 0 Å². The van der Waals surface area contributed by atoms with Crippen LogP contribution in [-0.4, -0.2) is 22.0 Å². The predicted molar refractivity (Wildman–Crippen MR) is 71.6 cm³/mol. The Bertz CT molecular complexity index is 357. The maximum absolute atomic E-state index is 4.09. The first-order valence-electron chi connectivity index (χ1n) is 6.39. The largest absolute Gasteiger partial charge is 0.311 e. The van der Waals surface area contributed by atoms with E-state index in [9.17, 15) is 0 Å². The zero-order valence-corrected chi connectivity index (χ0v) is 12.4. The number of nitrogens with one attached hydrogen (secondary N) is 1. The first-order valence-corrected chi connectivity index (χ1v) is 7.19. The fourth-order valence-electron chi connectivity index (χ4n) is 3.05. The number of rotatable bonds is 4. The maximum Gasteiger partial charge on any atom is 0.153 e. The van der Waals surface area contributed by atoms with Gasteiger partial charge in [0.1, 0.15) is 0 Å². The van der Waals surface area contributed by atoms with Crippen LogP contribution in [0, 0.1) is 11.8 Å². The van der Waals surface area contributed by atoms with Gasteiger partial charge in [0.15, 0.2) is 4.60 Å². The molecule has 2 rings (SSSR count). The molecule has 3 atom stereocenters. The van der Waals surface area contributed by atoms with Crippen LogP contribution in [-0.2, 0) is 7.05 Å². The van der Waals surface area contributed by atoms with Crippen molar-refractivity contribution < 1.29 is 0 Å². The predicted octanol–water partition coefficient (Wildman–Crippen LogP) is 2.66. The molecule has 1 heterocycles. The van der Waals surface area contributed by atoms with Crippen LogP contribution >= 0.6 is 15.9 Å². The van der Waals surface area contributed by atoms with Crippen LogP contribution in [0.25, 0.3) is 0 Å². The Labute approximate surface area is 111 Å². The fraction of sp³-hybridized carbons (Fsp3) is 0.833. The Morgan fingerprint density at radius 2 is 2.29 bits per heavy atom. The number of nitrogens with zero attached hydrogens (tertiary/aromatic N) is 3. The SMILES string of the molecule is CCC1CCC(C(NC)c2c(Br)nnn2C)C1. The normalized spacial score (nSPS) is 26.4. The van der Waals surface area contributed by atoms with Gasteiger partial charge in [0.25, 0.3) is 0 Å². The molecule has 1 saturated carbocycles. The van der Waals surface area contributed by atoms with E-state index in [-0.39, 0.29) is 0 Å². The van der Waals surface area contributed by atoms with Crippen molar-refractivity contribution in [2.24, 2.45) is 18.9 Å². The fourth-order valence-corrected chi connectivity index (χ4v) is 3.63. The molecule has 17 heavy (non-hydrogen) atoms. The molecule has 1 aliphatic carbocycles. The van der Waals surface area contributed by atoms with Crippen molar-refractivity contribution in [2.75, 3.05) is 7.05 Å². The van der Waals surface area contributed by atoms with Crippen molar-refractivity contribution in [3.05, 3.63) is 10.3 Å². The van der Waals surface area contributed by atoms with Gasteiger partial charge in [-0.05, 0) is 47.7 Å². The van der Waals surface area contributed by atoms with Crippen molar-refractivity contribution in [3.8, 4) is 0 Å². The van der Waals surface area contributed by atoms with Gasteiger partial charge in [-0.1, -0.05) is 25.0 Å². The summed E-state index contributed by atoms with van der Waals surface area (Å²) in [4.78, 5) is 0. The Morgan fingerprint density at radius 1 is 1.53 bits per heavy atom. The van der Waals surface area contributed by atoms with Gasteiger partial charge in [0.2, 0.25) is 0 Å². The average Bonchev–Trinajstić information content (AvgIpc) is 2.91. The Morgan fingerprint density at radius 3 is 2.76 bits per heavy atom. The molecule has 4 nitrogen and oxygen atoms in total. The quantitative estimate of drug-likeness (QED) is 0.929. The molecular weight excluding hydrogens is 280 g/mol. The number of halogens is 1. The summed E-state index contributed by atoms with van der Waals surface area (Å²) in [5.74, 6) is 1.61. The highest BCUT2D eigenvalue weighted by Gasteiger charge is 2.33. The van der Waals surface area contributed by atoms with Crippen LogP contribution < -0.4 is 5.32 Å². The summed E-state index contributed by atoms with van der Waals surface area (Å²) in [7, 11) is 3.99. The number of hydrogen-bond donors (Lipinski definition) is 1. The first-order chi connectivity index (χ1) is 8.17. The Hall–Kier alpha value is -0.420. The molecule has 0 spiro atoms. The molecule has 0 aromatic carbocycles. The molecule has 1 fully saturated rings. The van der Waals surface area contributed by atoms with Gasteiger partial charge in [-0.15, -0.1) is 5.10 Å². The summed E-state index contributed by atoms with van der Waals surface area (Å²) < 4.78 is 2.75. The minimum atomic E-state index is 0.362. The topological polar surface area (TPSA) is 42.7 Å². The molecule has 1 aromatic rings. The molecule has 0 aliphatic heterocycles. The first kappa shape index (κ1) is 13.0. The van der Waals surface area contributed by atoms with E-state index in [0.717, 1.165) is 10.5 Å². The van der Waals surface area contributed by atoms with Gasteiger partial charge in [0, 0.05) is 7.05 Å². The molecule has 0 bridgehead atoms. The highest BCUT2D eigenvalue weighted by molar-refractivity contribution is 9.10. The summed E-state index contributed by atoms with van der Waals surface area (Å²) in [6.07, 6.45) is 5.29. The number of aryl methyl sites for hydroxylation is 1. The molecule has 0 radical (unpaired) electrons. The maximum atomic E-state index is 4.09. The van der Waals surface area contributed by atoms with Crippen molar-refractivity contribution in [3.63, 3.8) is 0 Å². The Balaban J connectivity index is 2.17. The van der Waals surface area contributed by atoms with Crippen LogP contribution in [0.15, 0.2) is 4.60 Å². The van der Waals surface area contributed by atoms with Gasteiger partial charge >= 0.3 is 0 Å². The van der Waals surface area contributed by atoms with Crippen molar-refractivity contribution in [1.29, 1.82) is 0 Å². The second kappa shape index (κ2) is 5.48.